The van der Waals surface area contributed by atoms with Crippen LogP contribution in [0.5, 0.6) is 5.75 Å². The molecule has 0 radical (unpaired) electrons. The Labute approximate surface area is 96.2 Å². The molecule has 0 aliphatic rings. The van der Waals surface area contributed by atoms with E-state index < -0.39 is 0 Å². The summed E-state index contributed by atoms with van der Waals surface area (Å²) in [6, 6.07) is 5.71. The number of hydrogen-bond acceptors (Lipinski definition) is 3. The van der Waals surface area contributed by atoms with Gasteiger partial charge in [-0.2, -0.15) is 0 Å². The molecule has 4 heteroatoms. The number of halogens is 1. The van der Waals surface area contributed by atoms with Gasteiger partial charge in [-0.3, -0.25) is 0 Å². The van der Waals surface area contributed by atoms with Gasteiger partial charge in [0.2, 0.25) is 5.89 Å². The van der Waals surface area contributed by atoms with E-state index in [-0.39, 0.29) is 0 Å². The van der Waals surface area contributed by atoms with Gasteiger partial charge < -0.3 is 9.15 Å². The van der Waals surface area contributed by atoms with Crippen LogP contribution >= 0.6 is 15.9 Å². The van der Waals surface area contributed by atoms with E-state index in [0.29, 0.717) is 5.89 Å². The molecule has 2 rings (SSSR count). The van der Waals surface area contributed by atoms with Crippen molar-refractivity contribution >= 4 is 15.9 Å². The van der Waals surface area contributed by atoms with E-state index in [1.54, 1.807) is 13.4 Å². The number of oxazole rings is 1. The van der Waals surface area contributed by atoms with E-state index >= 15 is 0 Å². The fourth-order valence-corrected chi connectivity index (χ4v) is 1.83. The second-order valence-corrected chi connectivity index (χ2v) is 4.00. The number of benzene rings is 1. The monoisotopic (exact) mass is 267 g/mol. The summed E-state index contributed by atoms with van der Waals surface area (Å²) >= 11 is 3.42. The van der Waals surface area contributed by atoms with E-state index in [0.717, 1.165) is 21.5 Å². The molecule has 0 fully saturated rings. The quantitative estimate of drug-likeness (QED) is 0.837. The van der Waals surface area contributed by atoms with Gasteiger partial charge in [0, 0.05) is 5.56 Å². The highest BCUT2D eigenvalue weighted by Crippen LogP contribution is 2.29. The van der Waals surface area contributed by atoms with Crippen LogP contribution in [0.2, 0.25) is 0 Å². The molecule has 0 bridgehead atoms. The highest BCUT2D eigenvalue weighted by atomic mass is 79.9. The van der Waals surface area contributed by atoms with Gasteiger partial charge in [-0.15, -0.1) is 0 Å². The minimum atomic E-state index is 0.621. The van der Waals surface area contributed by atoms with Gasteiger partial charge in [0.05, 0.1) is 17.3 Å². The average molecular weight is 268 g/mol. The molecule has 0 aliphatic heterocycles. The maximum atomic E-state index is 5.31. The first kappa shape index (κ1) is 10.2. The zero-order chi connectivity index (χ0) is 10.8. The van der Waals surface area contributed by atoms with Crippen molar-refractivity contribution in [2.24, 2.45) is 0 Å². The number of aryl methyl sites for hydroxylation is 1. The van der Waals surface area contributed by atoms with E-state index in [4.69, 9.17) is 9.15 Å². The summed E-state index contributed by atoms with van der Waals surface area (Å²) in [6.45, 7) is 1.89. The number of ether oxygens (including phenoxy) is 1. The van der Waals surface area contributed by atoms with Crippen LogP contribution in [-0.2, 0) is 0 Å². The minimum absolute atomic E-state index is 0.621. The third-order valence-electron chi connectivity index (χ3n) is 2.02. The maximum absolute atomic E-state index is 5.31. The Morgan fingerprint density at radius 1 is 1.40 bits per heavy atom. The molecule has 15 heavy (non-hydrogen) atoms. The zero-order valence-electron chi connectivity index (χ0n) is 8.45. The number of nitrogens with zero attached hydrogens (tertiary/aromatic N) is 1. The van der Waals surface area contributed by atoms with Crippen molar-refractivity contribution in [1.29, 1.82) is 0 Å². The molecule has 1 heterocycles. The van der Waals surface area contributed by atoms with Crippen LogP contribution < -0.4 is 4.74 Å². The second-order valence-electron chi connectivity index (χ2n) is 3.14. The molecular weight excluding hydrogens is 258 g/mol. The van der Waals surface area contributed by atoms with Gasteiger partial charge in [-0.25, -0.2) is 4.98 Å². The summed E-state index contributed by atoms with van der Waals surface area (Å²) < 4.78 is 11.3. The van der Waals surface area contributed by atoms with Crippen molar-refractivity contribution in [3.05, 3.63) is 34.6 Å². The molecule has 0 saturated carbocycles. The van der Waals surface area contributed by atoms with E-state index in [1.165, 1.54) is 0 Å². The molecule has 0 atom stereocenters. The summed E-state index contributed by atoms with van der Waals surface area (Å²) in [6.07, 6.45) is 1.63. The Bertz CT molecular complexity index is 479. The molecule has 3 nitrogen and oxygen atoms in total. The highest BCUT2D eigenvalue weighted by molar-refractivity contribution is 9.10. The van der Waals surface area contributed by atoms with E-state index in [1.807, 2.05) is 25.1 Å². The van der Waals surface area contributed by atoms with Gasteiger partial charge >= 0.3 is 0 Å². The molecule has 0 amide bonds. The molecule has 0 N–H and O–H groups in total. The van der Waals surface area contributed by atoms with Crippen molar-refractivity contribution in [3.63, 3.8) is 0 Å². The van der Waals surface area contributed by atoms with Crippen molar-refractivity contribution in [2.45, 2.75) is 6.92 Å². The van der Waals surface area contributed by atoms with Gasteiger partial charge in [-0.1, -0.05) is 0 Å². The molecule has 0 spiro atoms. The fourth-order valence-electron chi connectivity index (χ4n) is 1.29. The first-order chi connectivity index (χ1) is 7.20. The van der Waals surface area contributed by atoms with Crippen molar-refractivity contribution < 1.29 is 9.15 Å². The molecule has 0 unspecified atom stereocenters. The topological polar surface area (TPSA) is 35.3 Å². The predicted molar refractivity (Wildman–Crippen MR) is 60.9 cm³/mol. The molecule has 1 aromatic heterocycles. The van der Waals surface area contributed by atoms with Crippen LogP contribution in [0.25, 0.3) is 11.5 Å². The second kappa shape index (κ2) is 4.06. The van der Waals surface area contributed by atoms with Crippen LogP contribution in [-0.4, -0.2) is 12.1 Å². The predicted octanol–water partition coefficient (Wildman–Crippen LogP) is 3.42. The lowest BCUT2D eigenvalue weighted by Gasteiger charge is -2.03. The van der Waals surface area contributed by atoms with Crippen molar-refractivity contribution in [2.75, 3.05) is 7.11 Å². The largest absolute Gasteiger partial charge is 0.496 e. The van der Waals surface area contributed by atoms with Crippen LogP contribution in [0.15, 0.2) is 33.4 Å². The normalized spacial score (nSPS) is 10.3. The summed E-state index contributed by atoms with van der Waals surface area (Å²) in [5.74, 6) is 1.41. The number of rotatable bonds is 2. The smallest absolute Gasteiger partial charge is 0.226 e. The van der Waals surface area contributed by atoms with Crippen LogP contribution in [0.3, 0.4) is 0 Å². The van der Waals surface area contributed by atoms with Crippen LogP contribution in [0.4, 0.5) is 0 Å². The Morgan fingerprint density at radius 3 is 2.73 bits per heavy atom. The lowest BCUT2D eigenvalue weighted by Crippen LogP contribution is -1.85. The van der Waals surface area contributed by atoms with Gasteiger partial charge in [0.25, 0.3) is 0 Å². The SMILES string of the molecule is COc1ccc(-c2nc(C)co2)cc1Br. The first-order valence-corrected chi connectivity index (χ1v) is 5.26. The molecule has 0 saturated heterocycles. The maximum Gasteiger partial charge on any atom is 0.226 e. The first-order valence-electron chi connectivity index (χ1n) is 4.47. The summed E-state index contributed by atoms with van der Waals surface area (Å²) in [4.78, 5) is 4.25. The third-order valence-corrected chi connectivity index (χ3v) is 2.64. The standard InChI is InChI=1S/C11H10BrNO2/c1-7-6-15-11(13-7)8-3-4-10(14-2)9(12)5-8/h3-6H,1-2H3. The van der Waals surface area contributed by atoms with Crippen molar-refractivity contribution in [3.8, 4) is 17.2 Å². The fraction of sp³-hybridized carbons (Fsp3) is 0.182. The van der Waals surface area contributed by atoms with E-state index in [9.17, 15) is 0 Å². The third kappa shape index (κ3) is 2.04. The van der Waals surface area contributed by atoms with Gasteiger partial charge in [0.1, 0.15) is 12.0 Å². The Hall–Kier alpha value is -1.29. The number of aromatic nitrogens is 1. The molecule has 1 aromatic carbocycles. The Morgan fingerprint density at radius 2 is 2.20 bits per heavy atom. The summed E-state index contributed by atoms with van der Waals surface area (Å²) in [5, 5.41) is 0. The zero-order valence-corrected chi connectivity index (χ0v) is 10.0. The minimum Gasteiger partial charge on any atom is -0.496 e. The van der Waals surface area contributed by atoms with Crippen molar-refractivity contribution in [1.82, 2.24) is 4.98 Å². The highest BCUT2D eigenvalue weighted by Gasteiger charge is 2.07. The van der Waals surface area contributed by atoms with Gasteiger partial charge in [-0.05, 0) is 41.1 Å². The Balaban J connectivity index is 2.42. The summed E-state index contributed by atoms with van der Waals surface area (Å²) in [7, 11) is 1.63. The van der Waals surface area contributed by atoms with Gasteiger partial charge in [0.15, 0.2) is 0 Å². The average Bonchev–Trinajstić information content (AvgIpc) is 2.65. The number of hydrogen-bond donors (Lipinski definition) is 0. The number of methoxy groups -OCH3 is 1. The lowest BCUT2D eigenvalue weighted by atomic mass is 10.2. The molecule has 2 aromatic rings. The Kier molecular flexibility index (Phi) is 2.77. The molecule has 0 aliphatic carbocycles. The molecular formula is C11H10BrNO2. The summed E-state index contributed by atoms with van der Waals surface area (Å²) in [5.41, 5.74) is 1.80. The molecule has 78 valence electrons. The lowest BCUT2D eigenvalue weighted by molar-refractivity contribution is 0.412. The van der Waals surface area contributed by atoms with Crippen LogP contribution in [0.1, 0.15) is 5.69 Å². The van der Waals surface area contributed by atoms with E-state index in [2.05, 4.69) is 20.9 Å². The van der Waals surface area contributed by atoms with Crippen LogP contribution in [0, 0.1) is 6.92 Å².